The molecule has 81 heavy (non-hydrogen) atoms. The zero-order chi connectivity index (χ0) is 60.8. The minimum absolute atomic E-state index is 0.0142. The summed E-state index contributed by atoms with van der Waals surface area (Å²) in [5.41, 5.74) is 33.0. The van der Waals surface area contributed by atoms with E-state index in [0.29, 0.717) is 17.9 Å². The first-order chi connectivity index (χ1) is 38.3. The minimum atomic E-state index is -1.89. The van der Waals surface area contributed by atoms with Gasteiger partial charge >= 0.3 is 5.97 Å². The number of aliphatic carboxylic acids is 1. The number of primary amides is 2. The highest BCUT2D eigenvalue weighted by molar-refractivity contribution is 7.80. The Labute approximate surface area is 478 Å². The number of carboxylic acid groups (broad SMARTS) is 1. The van der Waals surface area contributed by atoms with Crippen molar-refractivity contribution in [1.29, 1.82) is 0 Å². The van der Waals surface area contributed by atoms with Crippen LogP contribution in [0, 0.1) is 0 Å². The highest BCUT2D eigenvalue weighted by atomic mass is 32.1. The first-order valence-corrected chi connectivity index (χ1v) is 27.1. The van der Waals surface area contributed by atoms with Gasteiger partial charge in [-0.1, -0.05) is 25.5 Å². The number of carboxylic acids is 1. The Balaban J connectivity index is 2.41. The number of thiol groups is 2. The van der Waals surface area contributed by atoms with E-state index in [-0.39, 0.29) is 88.0 Å². The molecular weight excluding hydrogens is 1100 g/mol. The van der Waals surface area contributed by atoms with Crippen LogP contribution in [0.3, 0.4) is 0 Å². The Bertz CT molecular complexity index is 2430. The van der Waals surface area contributed by atoms with Crippen molar-refractivity contribution in [2.75, 3.05) is 44.3 Å². The predicted molar refractivity (Wildman–Crippen MR) is 300 cm³/mol. The van der Waals surface area contributed by atoms with E-state index in [1.807, 2.05) is 6.92 Å². The zero-order valence-electron chi connectivity index (χ0n) is 45.1. The molecule has 0 unspecified atom stereocenters. The normalized spacial score (nSPS) is 15.2. The number of benzene rings is 1. The van der Waals surface area contributed by atoms with Gasteiger partial charge in [-0.25, -0.2) is 0 Å². The van der Waals surface area contributed by atoms with E-state index in [0.717, 1.165) is 24.7 Å². The number of nitrogens with zero attached hydrogens (tertiary/aromatic N) is 3. The second-order valence-corrected chi connectivity index (χ2v) is 19.3. The summed E-state index contributed by atoms with van der Waals surface area (Å²) in [6, 6.07) is -5.04. The van der Waals surface area contributed by atoms with E-state index in [4.69, 9.17) is 39.1 Å². The Morgan fingerprint density at radius 1 is 0.654 bits per heavy atom. The zero-order valence-corrected chi connectivity index (χ0v) is 46.9. The van der Waals surface area contributed by atoms with Gasteiger partial charge in [0.1, 0.15) is 54.1 Å². The largest absolute Gasteiger partial charge is 0.494 e. The van der Waals surface area contributed by atoms with Crippen LogP contribution < -0.4 is 81.7 Å². The van der Waals surface area contributed by atoms with E-state index in [1.165, 1.54) is 0 Å². The molecule has 33 heteroatoms. The number of likely N-dealkylation sites (tertiary alicyclic amines) is 1. The van der Waals surface area contributed by atoms with Crippen molar-refractivity contribution < 1.29 is 67.4 Å². The van der Waals surface area contributed by atoms with Gasteiger partial charge < -0.3 is 91.7 Å². The van der Waals surface area contributed by atoms with E-state index in [2.05, 4.69) is 77.8 Å². The topological polar surface area (TPSA) is 515 Å². The van der Waals surface area contributed by atoms with Gasteiger partial charge in [0.2, 0.25) is 65.0 Å². The molecule has 1 saturated heterocycles. The van der Waals surface area contributed by atoms with Crippen molar-refractivity contribution in [3.05, 3.63) is 29.8 Å². The number of unbranched alkanes of at least 4 members (excludes halogenated alkanes) is 1. The lowest BCUT2D eigenvalue weighted by atomic mass is 10.0. The van der Waals surface area contributed by atoms with Crippen molar-refractivity contribution in [1.82, 2.24) is 47.4 Å². The Kier molecular flexibility index (Phi) is 30.9. The molecule has 1 aliphatic rings. The van der Waals surface area contributed by atoms with Crippen LogP contribution >= 0.6 is 25.3 Å². The number of rotatable bonds is 37. The van der Waals surface area contributed by atoms with Crippen molar-refractivity contribution in [3.63, 3.8) is 0 Å². The Hall–Kier alpha value is -8.10. The highest BCUT2D eigenvalue weighted by Crippen LogP contribution is 2.21. The minimum Gasteiger partial charge on any atom is -0.494 e. The number of ether oxygens (including phenoxy) is 1. The van der Waals surface area contributed by atoms with Crippen LogP contribution in [-0.2, 0) is 64.0 Å². The highest BCUT2D eigenvalue weighted by Gasteiger charge is 2.40. The summed E-state index contributed by atoms with van der Waals surface area (Å²) < 4.78 is 5.74. The molecule has 0 spiro atoms. The number of nitrogens with two attached hydrogens (primary N) is 6. The maximum atomic E-state index is 14.2. The molecule has 11 amide bonds. The molecule has 8 atom stereocenters. The van der Waals surface area contributed by atoms with Gasteiger partial charge in [-0.2, -0.15) is 25.3 Å². The summed E-state index contributed by atoms with van der Waals surface area (Å²) in [7, 11) is 0. The van der Waals surface area contributed by atoms with Gasteiger partial charge in [-0.05, 0) is 62.6 Å². The van der Waals surface area contributed by atoms with Gasteiger partial charge in [0.15, 0.2) is 11.9 Å². The Morgan fingerprint density at radius 2 is 1.19 bits per heavy atom. The lowest BCUT2D eigenvalue weighted by Gasteiger charge is -2.30. The number of aliphatic imine (C=N–C) groups is 2. The second-order valence-electron chi connectivity index (χ2n) is 18.6. The molecule has 31 nitrogen and oxygen atoms in total. The summed E-state index contributed by atoms with van der Waals surface area (Å²) in [5, 5.41) is 29.2. The summed E-state index contributed by atoms with van der Waals surface area (Å²) in [6.45, 7) is 2.68. The van der Waals surface area contributed by atoms with Crippen molar-refractivity contribution in [3.8, 4) is 5.75 Å². The van der Waals surface area contributed by atoms with Crippen LogP contribution in [0.2, 0.25) is 0 Å². The van der Waals surface area contributed by atoms with E-state index < -0.39 is 139 Å². The molecule has 0 aromatic heterocycles. The number of nitrogens with one attached hydrogen (secondary N) is 8. The number of hydrogen-bond acceptors (Lipinski definition) is 17. The van der Waals surface area contributed by atoms with Crippen molar-refractivity contribution in [2.24, 2.45) is 44.4 Å². The van der Waals surface area contributed by atoms with Gasteiger partial charge in [-0.15, -0.1) is 0 Å². The van der Waals surface area contributed by atoms with Gasteiger partial charge in [0.25, 0.3) is 0 Å². The molecule has 1 fully saturated rings. The number of guanidine groups is 2. The fraction of sp³-hybridized carbons (Fsp3) is 0.583. The number of carbonyl (C=O) groups is 12. The lowest BCUT2D eigenvalue weighted by molar-refractivity contribution is -0.143. The first kappa shape index (κ1) is 69.0. The number of carbonyl (C=O) groups excluding carboxylic acids is 11. The molecule has 21 N–H and O–H groups in total. The molecule has 1 aromatic carbocycles. The summed E-state index contributed by atoms with van der Waals surface area (Å²) >= 11 is 8.12. The summed E-state index contributed by atoms with van der Waals surface area (Å²) in [5.74, 6) is -12.0. The molecule has 0 radical (unpaired) electrons. The third-order valence-corrected chi connectivity index (χ3v) is 12.7. The molecule has 1 heterocycles. The molecule has 0 saturated carbocycles. The van der Waals surface area contributed by atoms with Crippen LogP contribution in [0.5, 0.6) is 5.75 Å². The fourth-order valence-electron chi connectivity index (χ4n) is 7.87. The van der Waals surface area contributed by atoms with Crippen LogP contribution in [0.4, 0.5) is 0 Å². The summed E-state index contributed by atoms with van der Waals surface area (Å²) in [6.07, 6.45) is 0.0202. The van der Waals surface area contributed by atoms with Crippen molar-refractivity contribution in [2.45, 2.75) is 133 Å². The third kappa shape index (κ3) is 26.2. The van der Waals surface area contributed by atoms with Crippen LogP contribution in [0.15, 0.2) is 34.3 Å². The first-order valence-electron chi connectivity index (χ1n) is 25.8. The number of amides is 11. The molecule has 1 aromatic rings. The monoisotopic (exact) mass is 1180 g/mol. The molecule has 1 aliphatic heterocycles. The van der Waals surface area contributed by atoms with E-state index in [9.17, 15) is 62.6 Å². The van der Waals surface area contributed by atoms with Crippen LogP contribution in [-0.4, -0.2) is 186 Å². The fourth-order valence-corrected chi connectivity index (χ4v) is 8.40. The average molecular weight is 1180 g/mol. The molecule has 0 aliphatic carbocycles. The second kappa shape index (κ2) is 36.2. The maximum absolute atomic E-state index is 14.2. The lowest BCUT2D eigenvalue weighted by Crippen LogP contribution is -2.59. The molecule has 0 bridgehead atoms. The van der Waals surface area contributed by atoms with Crippen LogP contribution in [0.25, 0.3) is 0 Å². The summed E-state index contributed by atoms with van der Waals surface area (Å²) in [4.78, 5) is 167. The molecule has 450 valence electrons. The van der Waals surface area contributed by atoms with Gasteiger partial charge in [-0.3, -0.25) is 67.5 Å². The third-order valence-electron chi connectivity index (χ3n) is 12.0. The van der Waals surface area contributed by atoms with Crippen molar-refractivity contribution >= 4 is 108 Å². The predicted octanol–water partition coefficient (Wildman–Crippen LogP) is -6.27. The quantitative estimate of drug-likeness (QED) is 0.0128. The van der Waals surface area contributed by atoms with Gasteiger partial charge in [0, 0.05) is 44.5 Å². The Morgan fingerprint density at radius 3 is 1.72 bits per heavy atom. The van der Waals surface area contributed by atoms with Gasteiger partial charge in [0.05, 0.1) is 26.0 Å². The van der Waals surface area contributed by atoms with E-state index in [1.54, 1.807) is 24.3 Å². The standard InChI is InChI=1S/C48H77N17O14S2/c1-3-4-18-79-27-13-11-26(12-14-27)19-30(42(74)60-29(9-6-16-56-48(53)54)41(73)64-33(23-80)39(50)71)62-43(75)31(21-38(69)70)59-37(68)22-57-40(72)28(8-5-15-55-47(51)52)61-45(77)35-10-7-17-65(35)46(78)32(20-36(49)67)63-44(76)34(24-81)58-25(2)66/h11-14,28-35,80-81H,3-10,15-24H2,1-2H3,(H2,49,67)(H2,50,71)(H,57,72)(H,58,66)(H,59,68)(H,60,74)(H,61,77)(H,62,75)(H,63,76)(H,64,73)(H,69,70)(H4,51,52,55)(H4,53,54,56)/t28-,29-,30-,31-,32-,33-,34-,35-/m0/s1. The smallest absolute Gasteiger partial charge is 0.305 e. The maximum Gasteiger partial charge on any atom is 0.305 e. The molecular formula is C48H77N17O14S2. The average Bonchev–Trinajstić information content (AvgIpc) is 3.98. The molecule has 2 rings (SSSR count). The van der Waals surface area contributed by atoms with E-state index >= 15 is 0 Å². The number of hydrogen-bond donors (Lipinski definition) is 17. The van der Waals surface area contributed by atoms with Crippen LogP contribution in [0.1, 0.15) is 83.6 Å². The SMILES string of the molecule is CCCCOc1ccc(C[C@H](NC(=O)[C@H](CC(=O)O)NC(=O)CNC(=O)[C@H](CCCN=C(N)N)NC(=O)[C@@H]2CCCN2C(=O)[C@H](CC(N)=O)NC(=O)[C@H](CS)NC(C)=O)C(=O)N[C@@H](CCCN=C(N)N)C(=O)N[C@@H](CS)C(N)=O)cc1.